The van der Waals surface area contributed by atoms with Crippen LogP contribution < -0.4 is 4.74 Å². The average Bonchev–Trinajstić information content (AvgIpc) is 3.14. The summed E-state index contributed by atoms with van der Waals surface area (Å²) in [6, 6.07) is 9.54. The van der Waals surface area contributed by atoms with E-state index in [2.05, 4.69) is 15.2 Å². The average molecular weight is 356 g/mol. The molecule has 0 amide bonds. The first kappa shape index (κ1) is 17.3. The predicted molar refractivity (Wildman–Crippen MR) is 98.3 cm³/mol. The van der Waals surface area contributed by atoms with E-state index in [1.807, 2.05) is 55.8 Å². The van der Waals surface area contributed by atoms with Gasteiger partial charge in [-0.15, -0.1) is 10.2 Å². The summed E-state index contributed by atoms with van der Waals surface area (Å²) in [5.74, 6) is 1.96. The highest BCUT2D eigenvalue weighted by atomic mass is 32.2. The van der Waals surface area contributed by atoms with Gasteiger partial charge in [0.1, 0.15) is 5.75 Å². The number of H-pyrrole nitrogens is 1. The SMILES string of the molecule is COc1ccc(-c2nnc(SCC(=O)c3cc(C)[nH]c3C)n2C)cc1. The Morgan fingerprint density at radius 2 is 1.96 bits per heavy atom. The Hall–Kier alpha value is -2.54. The Balaban J connectivity index is 1.72. The maximum Gasteiger partial charge on any atom is 0.191 e. The zero-order chi connectivity index (χ0) is 18.0. The molecule has 6 nitrogen and oxygen atoms in total. The van der Waals surface area contributed by atoms with Crippen molar-refractivity contribution in [2.75, 3.05) is 12.9 Å². The minimum absolute atomic E-state index is 0.0841. The van der Waals surface area contributed by atoms with E-state index in [1.54, 1.807) is 7.11 Å². The lowest BCUT2D eigenvalue weighted by Crippen LogP contribution is -2.04. The van der Waals surface area contributed by atoms with E-state index in [-0.39, 0.29) is 5.78 Å². The number of rotatable bonds is 6. The van der Waals surface area contributed by atoms with Crippen molar-refractivity contribution in [3.05, 3.63) is 47.3 Å². The number of ketones is 1. The lowest BCUT2D eigenvalue weighted by Gasteiger charge is -2.05. The molecule has 0 saturated carbocycles. The minimum atomic E-state index is 0.0841. The molecule has 0 aliphatic heterocycles. The summed E-state index contributed by atoms with van der Waals surface area (Å²) in [4.78, 5) is 15.6. The summed E-state index contributed by atoms with van der Waals surface area (Å²) < 4.78 is 7.07. The monoisotopic (exact) mass is 356 g/mol. The molecular formula is C18H20N4O2S. The van der Waals surface area contributed by atoms with Gasteiger partial charge in [0.15, 0.2) is 16.8 Å². The fourth-order valence-corrected chi connectivity index (χ4v) is 3.45. The van der Waals surface area contributed by atoms with Gasteiger partial charge in [-0.05, 0) is 44.2 Å². The number of Topliss-reactive ketones (excluding diaryl/α,β-unsaturated/α-hetero) is 1. The fraction of sp³-hybridized carbons (Fsp3) is 0.278. The van der Waals surface area contributed by atoms with Crippen LogP contribution in [0.4, 0.5) is 0 Å². The van der Waals surface area contributed by atoms with Gasteiger partial charge in [0.25, 0.3) is 0 Å². The first-order valence-corrected chi connectivity index (χ1v) is 8.84. The molecule has 0 atom stereocenters. The summed E-state index contributed by atoms with van der Waals surface area (Å²) in [5, 5.41) is 9.17. The van der Waals surface area contributed by atoms with E-state index in [4.69, 9.17) is 4.74 Å². The zero-order valence-electron chi connectivity index (χ0n) is 14.7. The van der Waals surface area contributed by atoms with Gasteiger partial charge in [0.05, 0.1) is 12.9 Å². The number of methoxy groups -OCH3 is 1. The molecule has 0 spiro atoms. The van der Waals surface area contributed by atoms with Crippen molar-refractivity contribution in [2.24, 2.45) is 7.05 Å². The topological polar surface area (TPSA) is 72.8 Å². The number of hydrogen-bond acceptors (Lipinski definition) is 5. The molecule has 2 aromatic heterocycles. The normalized spacial score (nSPS) is 10.9. The molecular weight excluding hydrogens is 336 g/mol. The van der Waals surface area contributed by atoms with E-state index < -0.39 is 0 Å². The molecule has 3 aromatic rings. The standard InChI is InChI=1S/C18H20N4O2S/c1-11-9-15(12(2)19-11)16(23)10-25-18-21-20-17(22(18)3)13-5-7-14(24-4)8-6-13/h5-9,19H,10H2,1-4H3. The number of aromatic amines is 1. The van der Waals surface area contributed by atoms with Gasteiger partial charge >= 0.3 is 0 Å². The van der Waals surface area contributed by atoms with Crippen LogP contribution >= 0.6 is 11.8 Å². The number of benzene rings is 1. The molecule has 25 heavy (non-hydrogen) atoms. The van der Waals surface area contributed by atoms with Crippen molar-refractivity contribution < 1.29 is 9.53 Å². The molecule has 0 bridgehead atoms. The van der Waals surface area contributed by atoms with Crippen molar-refractivity contribution in [1.29, 1.82) is 0 Å². The van der Waals surface area contributed by atoms with E-state index in [1.165, 1.54) is 11.8 Å². The van der Waals surface area contributed by atoms with Crippen LogP contribution in [0.3, 0.4) is 0 Å². The van der Waals surface area contributed by atoms with Gasteiger partial charge in [-0.25, -0.2) is 0 Å². The lowest BCUT2D eigenvalue weighted by molar-refractivity contribution is 0.102. The summed E-state index contributed by atoms with van der Waals surface area (Å²) >= 11 is 1.39. The molecule has 0 saturated heterocycles. The van der Waals surface area contributed by atoms with Crippen LogP contribution in [0.2, 0.25) is 0 Å². The van der Waals surface area contributed by atoms with Crippen LogP contribution in [0, 0.1) is 13.8 Å². The quantitative estimate of drug-likeness (QED) is 0.541. The molecule has 130 valence electrons. The second-order valence-corrected chi connectivity index (χ2v) is 6.74. The molecule has 0 radical (unpaired) electrons. The molecule has 7 heteroatoms. The van der Waals surface area contributed by atoms with Gasteiger partial charge in [-0.3, -0.25) is 4.79 Å². The highest BCUT2D eigenvalue weighted by Crippen LogP contribution is 2.25. The number of thioether (sulfide) groups is 1. The van der Waals surface area contributed by atoms with Crippen molar-refractivity contribution in [3.8, 4) is 17.1 Å². The number of aryl methyl sites for hydroxylation is 2. The van der Waals surface area contributed by atoms with Gasteiger partial charge < -0.3 is 14.3 Å². The molecule has 3 rings (SSSR count). The summed E-state index contributed by atoms with van der Waals surface area (Å²) in [7, 11) is 3.54. The van der Waals surface area contributed by atoms with Crippen LogP contribution in [0.15, 0.2) is 35.5 Å². The Labute approximate surface area is 150 Å². The number of hydrogen-bond donors (Lipinski definition) is 1. The molecule has 0 aliphatic carbocycles. The maximum atomic E-state index is 12.4. The Kier molecular flexibility index (Phi) is 4.94. The third kappa shape index (κ3) is 3.61. The third-order valence-electron chi connectivity index (χ3n) is 3.97. The van der Waals surface area contributed by atoms with Crippen molar-refractivity contribution in [3.63, 3.8) is 0 Å². The van der Waals surface area contributed by atoms with E-state index in [0.29, 0.717) is 10.9 Å². The Morgan fingerprint density at radius 3 is 2.56 bits per heavy atom. The lowest BCUT2D eigenvalue weighted by atomic mass is 10.2. The highest BCUT2D eigenvalue weighted by molar-refractivity contribution is 7.99. The smallest absolute Gasteiger partial charge is 0.191 e. The number of carbonyl (C=O) groups is 1. The molecule has 1 N–H and O–H groups in total. The number of nitrogens with one attached hydrogen (secondary N) is 1. The molecule has 0 unspecified atom stereocenters. The van der Waals surface area contributed by atoms with Crippen molar-refractivity contribution >= 4 is 17.5 Å². The molecule has 0 fully saturated rings. The first-order valence-electron chi connectivity index (χ1n) is 7.85. The van der Waals surface area contributed by atoms with Crippen molar-refractivity contribution in [2.45, 2.75) is 19.0 Å². The van der Waals surface area contributed by atoms with Crippen molar-refractivity contribution in [1.82, 2.24) is 19.7 Å². The molecule has 0 aliphatic rings. The number of ether oxygens (including phenoxy) is 1. The van der Waals surface area contributed by atoms with Crippen LogP contribution in [0.25, 0.3) is 11.4 Å². The number of nitrogens with zero attached hydrogens (tertiary/aromatic N) is 3. The summed E-state index contributed by atoms with van der Waals surface area (Å²) in [5.41, 5.74) is 3.58. The Bertz CT molecular complexity index is 896. The van der Waals surface area contributed by atoms with E-state index >= 15 is 0 Å². The van der Waals surface area contributed by atoms with E-state index in [9.17, 15) is 4.79 Å². The van der Waals surface area contributed by atoms with Gasteiger partial charge in [0, 0.05) is 29.6 Å². The Morgan fingerprint density at radius 1 is 1.24 bits per heavy atom. The second kappa shape index (κ2) is 7.14. The molecule has 2 heterocycles. The van der Waals surface area contributed by atoms with Gasteiger partial charge in [-0.1, -0.05) is 11.8 Å². The zero-order valence-corrected chi connectivity index (χ0v) is 15.5. The van der Waals surface area contributed by atoms with Crippen LogP contribution in [-0.4, -0.2) is 38.4 Å². The summed E-state index contributed by atoms with van der Waals surface area (Å²) in [6.07, 6.45) is 0. The highest BCUT2D eigenvalue weighted by Gasteiger charge is 2.16. The summed E-state index contributed by atoms with van der Waals surface area (Å²) in [6.45, 7) is 3.86. The van der Waals surface area contributed by atoms with Gasteiger partial charge in [-0.2, -0.15) is 0 Å². The first-order chi connectivity index (χ1) is 12.0. The number of carbonyl (C=O) groups excluding carboxylic acids is 1. The van der Waals surface area contributed by atoms with Crippen LogP contribution in [-0.2, 0) is 7.05 Å². The number of aromatic nitrogens is 4. The van der Waals surface area contributed by atoms with Crippen LogP contribution in [0.1, 0.15) is 21.7 Å². The van der Waals surface area contributed by atoms with E-state index in [0.717, 1.165) is 34.1 Å². The predicted octanol–water partition coefficient (Wildman–Crippen LogP) is 3.41. The maximum absolute atomic E-state index is 12.4. The minimum Gasteiger partial charge on any atom is -0.497 e. The molecule has 1 aromatic carbocycles. The van der Waals surface area contributed by atoms with Gasteiger partial charge in [0.2, 0.25) is 0 Å². The second-order valence-electron chi connectivity index (χ2n) is 5.80. The third-order valence-corrected chi connectivity index (χ3v) is 4.99. The fourth-order valence-electron chi connectivity index (χ4n) is 2.65. The largest absolute Gasteiger partial charge is 0.497 e. The van der Waals surface area contributed by atoms with Crippen LogP contribution in [0.5, 0.6) is 5.75 Å².